The summed E-state index contributed by atoms with van der Waals surface area (Å²) in [6.45, 7) is 4.41. The van der Waals surface area contributed by atoms with Gasteiger partial charge in [0.1, 0.15) is 5.82 Å². The Morgan fingerprint density at radius 1 is 0.900 bits per heavy atom. The zero-order valence-corrected chi connectivity index (χ0v) is 19.1. The lowest BCUT2D eigenvalue weighted by molar-refractivity contribution is 0.445. The molecule has 0 spiro atoms. The minimum absolute atomic E-state index is 0.0561. The Hall–Kier alpha value is -2.27. The zero-order chi connectivity index (χ0) is 22.1. The highest BCUT2D eigenvalue weighted by Gasteiger charge is 2.25. The second-order valence-electron chi connectivity index (χ2n) is 6.90. The molecule has 0 aliphatic carbocycles. The number of aryl methyl sites for hydroxylation is 1. The van der Waals surface area contributed by atoms with Crippen LogP contribution >= 0.6 is 0 Å². The van der Waals surface area contributed by atoms with Crippen molar-refractivity contribution >= 4 is 31.1 Å². The maximum Gasteiger partial charge on any atom is 0.243 e. The van der Waals surface area contributed by atoms with Gasteiger partial charge in [-0.2, -0.15) is 8.61 Å². The molecule has 0 bridgehead atoms. The van der Waals surface area contributed by atoms with Gasteiger partial charge in [-0.25, -0.2) is 21.8 Å². The van der Waals surface area contributed by atoms with Crippen LogP contribution < -0.4 is 0 Å². The van der Waals surface area contributed by atoms with Gasteiger partial charge in [0.2, 0.25) is 20.0 Å². The van der Waals surface area contributed by atoms with Crippen molar-refractivity contribution in [3.05, 3.63) is 54.4 Å². The molecular formula is C20H26N4O4S2. The molecule has 10 heteroatoms. The summed E-state index contributed by atoms with van der Waals surface area (Å²) >= 11 is 0. The summed E-state index contributed by atoms with van der Waals surface area (Å²) in [7, 11) is -3.98. The van der Waals surface area contributed by atoms with Crippen LogP contribution in [0, 0.1) is 0 Å². The molecule has 3 aromatic rings. The summed E-state index contributed by atoms with van der Waals surface area (Å²) in [5, 5.41) is 0. The van der Waals surface area contributed by atoms with Crippen LogP contribution in [0.2, 0.25) is 0 Å². The van der Waals surface area contributed by atoms with E-state index in [1.54, 1.807) is 67.9 Å². The highest BCUT2D eigenvalue weighted by molar-refractivity contribution is 7.89. The number of hydrogen-bond donors (Lipinski definition) is 0. The molecule has 0 N–H and O–H groups in total. The second-order valence-corrected chi connectivity index (χ2v) is 10.9. The van der Waals surface area contributed by atoms with Gasteiger partial charge < -0.3 is 4.57 Å². The van der Waals surface area contributed by atoms with Crippen molar-refractivity contribution in [1.29, 1.82) is 0 Å². The van der Waals surface area contributed by atoms with E-state index in [1.807, 2.05) is 0 Å². The first-order valence-electron chi connectivity index (χ1n) is 9.59. The summed E-state index contributed by atoms with van der Waals surface area (Å²) in [5.74, 6) is 0.518. The minimum Gasteiger partial charge on any atom is -0.330 e. The van der Waals surface area contributed by atoms with Crippen LogP contribution in [0.25, 0.3) is 11.0 Å². The summed E-state index contributed by atoms with van der Waals surface area (Å²) in [5.41, 5.74) is 1.24. The van der Waals surface area contributed by atoms with Crippen LogP contribution in [-0.4, -0.2) is 55.1 Å². The first kappa shape index (κ1) is 22.4. The van der Waals surface area contributed by atoms with Gasteiger partial charge in [0, 0.05) is 27.2 Å². The molecule has 30 heavy (non-hydrogen) atoms. The molecule has 0 saturated heterocycles. The van der Waals surface area contributed by atoms with E-state index < -0.39 is 20.0 Å². The number of hydrogen-bond acceptors (Lipinski definition) is 5. The molecule has 2 aromatic carbocycles. The van der Waals surface area contributed by atoms with Gasteiger partial charge >= 0.3 is 0 Å². The zero-order valence-electron chi connectivity index (χ0n) is 17.5. The highest BCUT2D eigenvalue weighted by Crippen LogP contribution is 2.24. The molecule has 0 radical (unpaired) electrons. The number of rotatable bonds is 8. The molecule has 0 aliphatic rings. The molecule has 1 heterocycles. The topological polar surface area (TPSA) is 92.6 Å². The van der Waals surface area contributed by atoms with Crippen molar-refractivity contribution in [2.75, 3.05) is 20.1 Å². The fraction of sp³-hybridized carbons (Fsp3) is 0.350. The number of aromatic nitrogens is 2. The average Bonchev–Trinajstić information content (AvgIpc) is 3.04. The first-order valence-corrected chi connectivity index (χ1v) is 12.5. The van der Waals surface area contributed by atoms with E-state index in [9.17, 15) is 16.8 Å². The molecule has 0 saturated carbocycles. The van der Waals surface area contributed by atoms with Gasteiger partial charge in [0.15, 0.2) is 0 Å². The lowest BCUT2D eigenvalue weighted by Crippen LogP contribution is -2.30. The lowest BCUT2D eigenvalue weighted by Gasteiger charge is -2.18. The summed E-state index contributed by atoms with van der Waals surface area (Å²) in [6, 6.07) is 13.0. The third-order valence-corrected chi connectivity index (χ3v) is 8.97. The van der Waals surface area contributed by atoms with Crippen molar-refractivity contribution in [1.82, 2.24) is 18.2 Å². The Balaban J connectivity index is 1.96. The minimum atomic E-state index is -3.66. The van der Waals surface area contributed by atoms with Crippen molar-refractivity contribution in [2.24, 2.45) is 7.05 Å². The van der Waals surface area contributed by atoms with Gasteiger partial charge in [0.05, 0.1) is 27.4 Å². The molecule has 0 aliphatic heterocycles. The van der Waals surface area contributed by atoms with E-state index in [1.165, 1.54) is 21.7 Å². The number of fused-ring (bicyclic) bond motifs is 1. The molecule has 0 atom stereocenters. The first-order chi connectivity index (χ1) is 14.1. The Labute approximate surface area is 177 Å². The standard InChI is InChI=1S/C20H26N4O4S2/c1-5-24(6-2)30(27,28)17-12-13-19-18(14-17)21-20(23(19)4)15-22(3)29(25,26)16-10-8-7-9-11-16/h7-14H,5-6,15H2,1-4H3. The largest absolute Gasteiger partial charge is 0.330 e. The van der Waals surface area contributed by atoms with Crippen LogP contribution in [0.15, 0.2) is 58.3 Å². The molecule has 0 unspecified atom stereocenters. The van der Waals surface area contributed by atoms with Gasteiger partial charge in [-0.3, -0.25) is 0 Å². The molecule has 8 nitrogen and oxygen atoms in total. The maximum atomic E-state index is 12.8. The third kappa shape index (κ3) is 4.00. The number of sulfonamides is 2. The van der Waals surface area contributed by atoms with E-state index in [0.717, 1.165) is 5.52 Å². The summed E-state index contributed by atoms with van der Waals surface area (Å²) in [4.78, 5) is 4.90. The number of imidazole rings is 1. The SMILES string of the molecule is CCN(CC)S(=O)(=O)c1ccc2c(c1)nc(CN(C)S(=O)(=O)c1ccccc1)n2C. The van der Waals surface area contributed by atoms with Gasteiger partial charge in [-0.05, 0) is 30.3 Å². The molecule has 162 valence electrons. The molecule has 0 fully saturated rings. The molecule has 1 aromatic heterocycles. The Morgan fingerprint density at radius 3 is 2.13 bits per heavy atom. The van der Waals surface area contributed by atoms with Crippen LogP contribution in [0.5, 0.6) is 0 Å². The number of benzene rings is 2. The summed E-state index contributed by atoms with van der Waals surface area (Å²) < 4.78 is 55.6. The normalized spacial score (nSPS) is 12.9. The number of nitrogens with zero attached hydrogens (tertiary/aromatic N) is 4. The monoisotopic (exact) mass is 450 g/mol. The molecule has 0 amide bonds. The van der Waals surface area contributed by atoms with Gasteiger partial charge in [-0.1, -0.05) is 32.0 Å². The van der Waals surface area contributed by atoms with Crippen LogP contribution in [0.1, 0.15) is 19.7 Å². The predicted octanol–water partition coefficient (Wildman–Crippen LogP) is 2.42. The lowest BCUT2D eigenvalue weighted by atomic mass is 10.3. The van der Waals surface area contributed by atoms with E-state index in [4.69, 9.17) is 0 Å². The van der Waals surface area contributed by atoms with Crippen LogP contribution in [0.3, 0.4) is 0 Å². The Kier molecular flexibility index (Phi) is 6.32. The average molecular weight is 451 g/mol. The summed E-state index contributed by atoms with van der Waals surface area (Å²) in [6.07, 6.45) is 0. The van der Waals surface area contributed by atoms with E-state index in [0.29, 0.717) is 24.4 Å². The fourth-order valence-corrected chi connectivity index (χ4v) is 5.93. The van der Waals surface area contributed by atoms with Crippen molar-refractivity contribution < 1.29 is 16.8 Å². The van der Waals surface area contributed by atoms with Crippen molar-refractivity contribution in [2.45, 2.75) is 30.2 Å². The van der Waals surface area contributed by atoms with E-state index in [-0.39, 0.29) is 16.3 Å². The van der Waals surface area contributed by atoms with E-state index >= 15 is 0 Å². The van der Waals surface area contributed by atoms with Crippen LogP contribution in [-0.2, 0) is 33.6 Å². The van der Waals surface area contributed by atoms with Gasteiger partial charge in [0.25, 0.3) is 0 Å². The Morgan fingerprint density at radius 2 is 1.53 bits per heavy atom. The second kappa shape index (κ2) is 8.46. The van der Waals surface area contributed by atoms with Crippen molar-refractivity contribution in [3.63, 3.8) is 0 Å². The van der Waals surface area contributed by atoms with Gasteiger partial charge in [-0.15, -0.1) is 0 Å². The highest BCUT2D eigenvalue weighted by atomic mass is 32.2. The molecular weight excluding hydrogens is 424 g/mol. The smallest absolute Gasteiger partial charge is 0.243 e. The maximum absolute atomic E-state index is 12.8. The third-order valence-electron chi connectivity index (χ3n) is 5.10. The molecule has 3 rings (SSSR count). The Bertz CT molecular complexity index is 1250. The quantitative estimate of drug-likeness (QED) is 0.526. The predicted molar refractivity (Wildman–Crippen MR) is 116 cm³/mol. The van der Waals surface area contributed by atoms with Crippen molar-refractivity contribution in [3.8, 4) is 0 Å². The van der Waals surface area contributed by atoms with E-state index in [2.05, 4.69) is 4.98 Å². The fourth-order valence-electron chi connectivity index (χ4n) is 3.30. The van der Waals surface area contributed by atoms with Crippen LogP contribution in [0.4, 0.5) is 0 Å².